The lowest BCUT2D eigenvalue weighted by molar-refractivity contribution is 0.548. The molecule has 4 nitrogen and oxygen atoms in total. The highest BCUT2D eigenvalue weighted by Gasteiger charge is 2.08. The van der Waals surface area contributed by atoms with E-state index in [1.807, 2.05) is 6.08 Å². The molecule has 0 aromatic rings. The fraction of sp³-hybridized carbons (Fsp3) is 0.444. The van der Waals surface area contributed by atoms with E-state index < -0.39 is 0 Å². The van der Waals surface area contributed by atoms with Gasteiger partial charge in [-0.2, -0.15) is 5.10 Å². The van der Waals surface area contributed by atoms with E-state index in [1.54, 1.807) is 0 Å². The molecule has 4 N–H and O–H groups in total. The Kier molecular flexibility index (Phi) is 3.52. The fourth-order valence-corrected chi connectivity index (χ4v) is 1.29. The van der Waals surface area contributed by atoms with Crippen LogP contribution in [0.5, 0.6) is 0 Å². The summed E-state index contributed by atoms with van der Waals surface area (Å²) in [5.41, 5.74) is 0.943. The molecule has 0 fully saturated rings. The van der Waals surface area contributed by atoms with Gasteiger partial charge >= 0.3 is 0 Å². The Hall–Kier alpha value is -1.29. The second kappa shape index (κ2) is 4.67. The van der Waals surface area contributed by atoms with Gasteiger partial charge in [-0.25, -0.2) is 5.84 Å². The quantitative estimate of drug-likeness (QED) is 0.294. The Bertz CT molecular complexity index is 242. The van der Waals surface area contributed by atoms with Crippen molar-refractivity contribution < 1.29 is 0 Å². The summed E-state index contributed by atoms with van der Waals surface area (Å²) in [4.78, 5) is 0. The minimum absolute atomic E-state index is 0.645. The third-order valence-electron chi connectivity index (χ3n) is 2.18. The molecular weight excluding hydrogens is 164 g/mol. The van der Waals surface area contributed by atoms with Crippen LogP contribution in [0.4, 0.5) is 0 Å². The minimum Gasteiger partial charge on any atom is -0.322 e. The Morgan fingerprint density at radius 2 is 2.54 bits per heavy atom. The molecule has 0 aliphatic heterocycles. The minimum atomic E-state index is 0.645. The smallest absolute Gasteiger partial charge is 0.129 e. The molecule has 1 unspecified atom stereocenters. The first-order chi connectivity index (χ1) is 6.27. The zero-order valence-corrected chi connectivity index (χ0v) is 7.85. The summed E-state index contributed by atoms with van der Waals surface area (Å²) in [7, 11) is 0. The second-order valence-corrected chi connectivity index (χ2v) is 3.06. The van der Waals surface area contributed by atoms with Gasteiger partial charge in [0.05, 0.1) is 5.70 Å². The van der Waals surface area contributed by atoms with Crippen LogP contribution in [0.3, 0.4) is 0 Å². The van der Waals surface area contributed by atoms with E-state index in [0.29, 0.717) is 5.92 Å². The van der Waals surface area contributed by atoms with Crippen LogP contribution in [0.2, 0.25) is 0 Å². The molecule has 1 aliphatic rings. The Morgan fingerprint density at radius 3 is 3.00 bits per heavy atom. The number of hydrazone groups is 1. The molecule has 0 amide bonds. The Balaban J connectivity index is 2.56. The van der Waals surface area contributed by atoms with E-state index in [2.05, 4.69) is 24.2 Å². The van der Waals surface area contributed by atoms with Crippen molar-refractivity contribution >= 4 is 6.34 Å². The van der Waals surface area contributed by atoms with Gasteiger partial charge in [0, 0.05) is 0 Å². The van der Waals surface area contributed by atoms with Crippen LogP contribution < -0.4 is 11.7 Å². The molecule has 0 aromatic heterocycles. The van der Waals surface area contributed by atoms with Crippen molar-refractivity contribution in [1.29, 1.82) is 0 Å². The molecule has 0 heterocycles. The number of rotatable bonds is 3. The molecule has 13 heavy (non-hydrogen) atoms. The SMILES string of the molecule is CCC1C=CC(N(N)/C=N\N)=CC1. The molecule has 72 valence electrons. The van der Waals surface area contributed by atoms with Crippen molar-refractivity contribution in [1.82, 2.24) is 5.01 Å². The topological polar surface area (TPSA) is 67.6 Å². The average molecular weight is 180 g/mol. The first-order valence-corrected chi connectivity index (χ1v) is 4.43. The third kappa shape index (κ3) is 2.59. The molecule has 0 bridgehead atoms. The highest BCUT2D eigenvalue weighted by atomic mass is 15.4. The summed E-state index contributed by atoms with van der Waals surface area (Å²) in [5, 5.41) is 4.77. The van der Waals surface area contributed by atoms with E-state index in [4.69, 9.17) is 11.7 Å². The lowest BCUT2D eigenvalue weighted by Crippen LogP contribution is -2.29. The summed E-state index contributed by atoms with van der Waals surface area (Å²) < 4.78 is 0. The highest BCUT2D eigenvalue weighted by Crippen LogP contribution is 2.19. The zero-order valence-electron chi connectivity index (χ0n) is 7.85. The summed E-state index contributed by atoms with van der Waals surface area (Å²) in [5.74, 6) is 11.3. The van der Waals surface area contributed by atoms with Crippen LogP contribution >= 0.6 is 0 Å². The first-order valence-electron chi connectivity index (χ1n) is 4.43. The van der Waals surface area contributed by atoms with E-state index in [-0.39, 0.29) is 0 Å². The summed E-state index contributed by atoms with van der Waals surface area (Å²) in [6, 6.07) is 0. The molecular formula is C9H16N4. The summed E-state index contributed by atoms with van der Waals surface area (Å²) in [6.45, 7) is 2.18. The number of nitrogens with zero attached hydrogens (tertiary/aromatic N) is 2. The van der Waals surface area contributed by atoms with Crippen LogP contribution in [0.1, 0.15) is 19.8 Å². The van der Waals surface area contributed by atoms with Gasteiger partial charge < -0.3 is 5.84 Å². The maximum absolute atomic E-state index is 5.63. The lowest BCUT2D eigenvalue weighted by atomic mass is 9.97. The maximum atomic E-state index is 5.63. The van der Waals surface area contributed by atoms with Crippen molar-refractivity contribution in [3.05, 3.63) is 23.9 Å². The molecule has 0 saturated heterocycles. The highest BCUT2D eigenvalue weighted by molar-refractivity contribution is 5.57. The molecule has 1 rings (SSSR count). The number of hydrogen-bond donors (Lipinski definition) is 2. The van der Waals surface area contributed by atoms with Gasteiger partial charge in [0.15, 0.2) is 0 Å². The Morgan fingerprint density at radius 1 is 1.77 bits per heavy atom. The first kappa shape index (κ1) is 9.80. The number of allylic oxidation sites excluding steroid dienone is 3. The van der Waals surface area contributed by atoms with Gasteiger partial charge in [0.1, 0.15) is 6.34 Å². The fourth-order valence-electron chi connectivity index (χ4n) is 1.29. The van der Waals surface area contributed by atoms with Crippen LogP contribution in [0, 0.1) is 5.92 Å². The lowest BCUT2D eigenvalue weighted by Gasteiger charge is -2.19. The number of nitrogens with two attached hydrogens (primary N) is 2. The van der Waals surface area contributed by atoms with E-state index in [0.717, 1.165) is 18.5 Å². The molecule has 0 spiro atoms. The molecule has 0 saturated carbocycles. The van der Waals surface area contributed by atoms with E-state index >= 15 is 0 Å². The van der Waals surface area contributed by atoms with Gasteiger partial charge in [-0.15, -0.1) is 0 Å². The third-order valence-corrected chi connectivity index (χ3v) is 2.18. The molecule has 1 aliphatic carbocycles. The van der Waals surface area contributed by atoms with Crippen LogP contribution in [0.25, 0.3) is 0 Å². The monoisotopic (exact) mass is 180 g/mol. The predicted octanol–water partition coefficient (Wildman–Crippen LogP) is 0.934. The second-order valence-electron chi connectivity index (χ2n) is 3.06. The molecule has 4 heteroatoms. The molecule has 0 radical (unpaired) electrons. The van der Waals surface area contributed by atoms with Crippen LogP contribution in [-0.2, 0) is 0 Å². The standard InChI is InChI=1S/C9H16N4/c1-2-8-3-5-9(6-4-8)13(11)7-12-10/h3,5-8H,2,4,10-11H2,1H3/b12-7-. The number of hydrogen-bond acceptors (Lipinski definition) is 3. The van der Waals surface area contributed by atoms with Gasteiger partial charge in [-0.3, -0.25) is 5.01 Å². The largest absolute Gasteiger partial charge is 0.322 e. The maximum Gasteiger partial charge on any atom is 0.129 e. The molecule has 1 atom stereocenters. The van der Waals surface area contributed by atoms with Gasteiger partial charge in [0.25, 0.3) is 0 Å². The van der Waals surface area contributed by atoms with Gasteiger partial charge in [0.2, 0.25) is 0 Å². The van der Waals surface area contributed by atoms with Crippen LogP contribution in [-0.4, -0.2) is 11.3 Å². The van der Waals surface area contributed by atoms with Gasteiger partial charge in [-0.1, -0.05) is 19.1 Å². The number of hydrazine groups is 1. The Labute approximate surface area is 78.5 Å². The van der Waals surface area contributed by atoms with E-state index in [1.165, 1.54) is 11.3 Å². The predicted molar refractivity (Wildman–Crippen MR) is 54.3 cm³/mol. The molecule has 0 aromatic carbocycles. The average Bonchev–Trinajstić information content (AvgIpc) is 2.18. The van der Waals surface area contributed by atoms with E-state index in [9.17, 15) is 0 Å². The van der Waals surface area contributed by atoms with Crippen molar-refractivity contribution in [2.24, 2.45) is 22.7 Å². The van der Waals surface area contributed by atoms with Crippen molar-refractivity contribution in [3.8, 4) is 0 Å². The van der Waals surface area contributed by atoms with Gasteiger partial charge in [-0.05, 0) is 24.8 Å². The normalized spacial score (nSPS) is 22.0. The van der Waals surface area contributed by atoms with Crippen molar-refractivity contribution in [3.63, 3.8) is 0 Å². The zero-order chi connectivity index (χ0) is 9.68. The van der Waals surface area contributed by atoms with Crippen molar-refractivity contribution in [2.75, 3.05) is 0 Å². The van der Waals surface area contributed by atoms with Crippen molar-refractivity contribution in [2.45, 2.75) is 19.8 Å². The van der Waals surface area contributed by atoms with Crippen LogP contribution in [0.15, 0.2) is 29.0 Å². The summed E-state index contributed by atoms with van der Waals surface area (Å²) in [6.07, 6.45) is 9.85. The summed E-state index contributed by atoms with van der Waals surface area (Å²) >= 11 is 0.